The maximum Gasteiger partial charge on any atom is 0.108 e. The third-order valence-electron chi connectivity index (χ3n) is 3.60. The van der Waals surface area contributed by atoms with Gasteiger partial charge in [-0.2, -0.15) is 5.26 Å². The lowest BCUT2D eigenvalue weighted by atomic mass is 9.82. The molecule has 0 saturated heterocycles. The quantitative estimate of drug-likeness (QED) is 0.880. The van der Waals surface area contributed by atoms with Crippen molar-refractivity contribution in [3.8, 4) is 6.07 Å². The van der Waals surface area contributed by atoms with E-state index in [-0.39, 0.29) is 5.54 Å². The zero-order chi connectivity index (χ0) is 14.6. The minimum absolute atomic E-state index is 0.342. The van der Waals surface area contributed by atoms with E-state index < -0.39 is 0 Å². The van der Waals surface area contributed by atoms with Crippen LogP contribution in [0.25, 0.3) is 0 Å². The van der Waals surface area contributed by atoms with Gasteiger partial charge in [-0.05, 0) is 63.8 Å². The molecule has 2 unspecified atom stereocenters. The number of nitriles is 1. The molecule has 1 saturated carbocycles. The molecule has 1 N–H and O–H groups in total. The van der Waals surface area contributed by atoms with Crippen LogP contribution in [-0.2, 0) is 0 Å². The molecule has 2 rings (SSSR count). The van der Waals surface area contributed by atoms with Gasteiger partial charge in [0.05, 0.1) is 6.07 Å². The van der Waals surface area contributed by atoms with Gasteiger partial charge in [-0.3, -0.25) is 5.32 Å². The van der Waals surface area contributed by atoms with Gasteiger partial charge < -0.3 is 0 Å². The van der Waals surface area contributed by atoms with Gasteiger partial charge >= 0.3 is 0 Å². The Hall–Kier alpha value is -0.690. The van der Waals surface area contributed by atoms with Crippen LogP contribution in [0, 0.1) is 11.3 Å². The van der Waals surface area contributed by atoms with E-state index in [1.165, 1.54) is 11.3 Å². The second kappa shape index (κ2) is 6.85. The number of benzene rings is 1. The Morgan fingerprint density at radius 2 is 2.10 bits per heavy atom. The average Bonchev–Trinajstić information content (AvgIpc) is 2.41. The first kappa shape index (κ1) is 15.7. The lowest BCUT2D eigenvalue weighted by Gasteiger charge is -2.37. The lowest BCUT2D eigenvalue weighted by Crippen LogP contribution is -2.51. The standard InChI is InChI=1S/C16H21ClN2S/c1-12(2)19-16(11-18)9-3-4-15(10-16)20-14-7-5-13(17)6-8-14/h5-8,12,15,19H,3-4,9-10H2,1-2H3. The van der Waals surface area contributed by atoms with E-state index >= 15 is 0 Å². The summed E-state index contributed by atoms with van der Waals surface area (Å²) in [6, 6.07) is 10.8. The Labute approximate surface area is 130 Å². The van der Waals surface area contributed by atoms with Gasteiger partial charge in [0.1, 0.15) is 5.54 Å². The molecule has 108 valence electrons. The fraction of sp³-hybridized carbons (Fsp3) is 0.562. The molecule has 2 nitrogen and oxygen atoms in total. The van der Waals surface area contributed by atoms with Gasteiger partial charge in [-0.15, -0.1) is 11.8 Å². The normalized spacial score (nSPS) is 26.4. The number of hydrogen-bond acceptors (Lipinski definition) is 3. The van der Waals surface area contributed by atoms with Crippen molar-refractivity contribution in [3.63, 3.8) is 0 Å². The zero-order valence-electron chi connectivity index (χ0n) is 12.0. The Morgan fingerprint density at radius 1 is 1.40 bits per heavy atom. The molecule has 0 bridgehead atoms. The van der Waals surface area contributed by atoms with Crippen molar-refractivity contribution in [1.82, 2.24) is 5.32 Å². The predicted molar refractivity (Wildman–Crippen MR) is 86.2 cm³/mol. The Balaban J connectivity index is 2.03. The fourth-order valence-corrected chi connectivity index (χ4v) is 4.30. The van der Waals surface area contributed by atoms with Crippen LogP contribution >= 0.6 is 23.4 Å². The van der Waals surface area contributed by atoms with Crippen LogP contribution in [-0.4, -0.2) is 16.8 Å². The molecule has 1 aliphatic rings. The first-order valence-electron chi connectivity index (χ1n) is 7.14. The van der Waals surface area contributed by atoms with Crippen molar-refractivity contribution in [1.29, 1.82) is 5.26 Å². The molecule has 20 heavy (non-hydrogen) atoms. The van der Waals surface area contributed by atoms with E-state index in [0.29, 0.717) is 11.3 Å². The largest absolute Gasteiger partial charge is 0.297 e. The summed E-state index contributed by atoms with van der Waals surface area (Å²) in [4.78, 5) is 1.23. The molecule has 4 heteroatoms. The van der Waals surface area contributed by atoms with E-state index in [1.807, 2.05) is 23.9 Å². The lowest BCUT2D eigenvalue weighted by molar-refractivity contribution is 0.284. The third-order valence-corrected chi connectivity index (χ3v) is 5.13. The summed E-state index contributed by atoms with van der Waals surface area (Å²) in [7, 11) is 0. The summed E-state index contributed by atoms with van der Waals surface area (Å²) in [6.45, 7) is 4.21. The summed E-state index contributed by atoms with van der Waals surface area (Å²) < 4.78 is 0. The smallest absolute Gasteiger partial charge is 0.108 e. The molecule has 1 aliphatic carbocycles. The molecule has 0 aromatic heterocycles. The molecule has 1 aromatic rings. The second-order valence-electron chi connectivity index (χ2n) is 5.78. The van der Waals surface area contributed by atoms with Gasteiger partial charge in [0.15, 0.2) is 0 Å². The Morgan fingerprint density at radius 3 is 2.70 bits per heavy atom. The molecule has 0 radical (unpaired) electrons. The van der Waals surface area contributed by atoms with Gasteiger partial charge in [0, 0.05) is 21.2 Å². The maximum absolute atomic E-state index is 9.57. The third kappa shape index (κ3) is 4.15. The summed E-state index contributed by atoms with van der Waals surface area (Å²) in [5.41, 5.74) is -0.351. The van der Waals surface area contributed by atoms with Gasteiger partial charge in [0.2, 0.25) is 0 Å². The van der Waals surface area contributed by atoms with E-state index in [4.69, 9.17) is 11.6 Å². The number of nitrogens with one attached hydrogen (secondary N) is 1. The molecule has 1 fully saturated rings. The van der Waals surface area contributed by atoms with Crippen molar-refractivity contribution in [2.24, 2.45) is 0 Å². The van der Waals surface area contributed by atoms with Crippen molar-refractivity contribution in [3.05, 3.63) is 29.3 Å². The maximum atomic E-state index is 9.57. The Kier molecular flexibility index (Phi) is 5.37. The predicted octanol–water partition coefficient (Wildman–Crippen LogP) is 4.64. The van der Waals surface area contributed by atoms with Gasteiger partial charge in [-0.1, -0.05) is 11.6 Å². The van der Waals surface area contributed by atoms with Crippen LogP contribution in [0.1, 0.15) is 39.5 Å². The molecule has 0 amide bonds. The minimum Gasteiger partial charge on any atom is -0.297 e. The number of thioether (sulfide) groups is 1. The average molecular weight is 309 g/mol. The van der Waals surface area contributed by atoms with Crippen molar-refractivity contribution < 1.29 is 0 Å². The fourth-order valence-electron chi connectivity index (χ4n) is 2.85. The topological polar surface area (TPSA) is 35.8 Å². The number of hydrogen-bond donors (Lipinski definition) is 1. The van der Waals surface area contributed by atoms with E-state index in [0.717, 1.165) is 24.3 Å². The highest BCUT2D eigenvalue weighted by atomic mass is 35.5. The molecule has 1 aromatic carbocycles. The second-order valence-corrected chi connectivity index (χ2v) is 7.59. The molecule has 0 heterocycles. The highest BCUT2D eigenvalue weighted by Crippen LogP contribution is 2.38. The Bertz CT molecular complexity index is 480. The molecular formula is C16H21ClN2S. The van der Waals surface area contributed by atoms with Crippen LogP contribution in [0.2, 0.25) is 5.02 Å². The number of halogens is 1. The van der Waals surface area contributed by atoms with E-state index in [2.05, 4.69) is 37.4 Å². The zero-order valence-corrected chi connectivity index (χ0v) is 13.6. The highest BCUT2D eigenvalue weighted by Gasteiger charge is 2.37. The molecule has 0 aliphatic heterocycles. The molecule has 2 atom stereocenters. The highest BCUT2D eigenvalue weighted by molar-refractivity contribution is 8.00. The SMILES string of the molecule is CC(C)NC1(C#N)CCCC(Sc2ccc(Cl)cc2)C1. The first-order chi connectivity index (χ1) is 9.53. The van der Waals surface area contributed by atoms with Crippen LogP contribution < -0.4 is 5.32 Å². The summed E-state index contributed by atoms with van der Waals surface area (Å²) >= 11 is 7.79. The van der Waals surface area contributed by atoms with Crippen LogP contribution in [0.4, 0.5) is 0 Å². The van der Waals surface area contributed by atoms with Crippen LogP contribution in [0.3, 0.4) is 0 Å². The summed E-state index contributed by atoms with van der Waals surface area (Å²) in [6.07, 6.45) is 4.16. The van der Waals surface area contributed by atoms with Crippen LogP contribution in [0.15, 0.2) is 29.2 Å². The number of rotatable bonds is 4. The van der Waals surface area contributed by atoms with Crippen LogP contribution in [0.5, 0.6) is 0 Å². The van der Waals surface area contributed by atoms with E-state index in [1.54, 1.807) is 0 Å². The van der Waals surface area contributed by atoms with Crippen molar-refractivity contribution >= 4 is 23.4 Å². The molecular weight excluding hydrogens is 288 g/mol. The number of nitrogens with zero attached hydrogens (tertiary/aromatic N) is 1. The van der Waals surface area contributed by atoms with E-state index in [9.17, 15) is 5.26 Å². The van der Waals surface area contributed by atoms with Gasteiger partial charge in [-0.25, -0.2) is 0 Å². The first-order valence-corrected chi connectivity index (χ1v) is 8.40. The van der Waals surface area contributed by atoms with Crippen molar-refractivity contribution in [2.45, 2.75) is 61.3 Å². The summed E-state index contributed by atoms with van der Waals surface area (Å²) in [5, 5.41) is 14.3. The summed E-state index contributed by atoms with van der Waals surface area (Å²) in [5.74, 6) is 0. The molecule has 0 spiro atoms. The monoisotopic (exact) mass is 308 g/mol. The minimum atomic E-state index is -0.351. The van der Waals surface area contributed by atoms with Crippen molar-refractivity contribution in [2.75, 3.05) is 0 Å². The van der Waals surface area contributed by atoms with Gasteiger partial charge in [0.25, 0.3) is 0 Å².